The number of anilines is 1. The maximum absolute atomic E-state index is 11.4. The van der Waals surface area contributed by atoms with Crippen LogP contribution in [0.25, 0.3) is 0 Å². The number of para-hydroxylation sites is 1. The van der Waals surface area contributed by atoms with Gasteiger partial charge in [-0.1, -0.05) is 18.2 Å². The molecule has 1 aromatic heterocycles. The molecular formula is C12H12N2O6S2. The Balaban J connectivity index is 2.08. The molecule has 0 atom stereocenters. The molecule has 8 nitrogen and oxygen atoms in total. The average molecular weight is 344 g/mol. The van der Waals surface area contributed by atoms with Crippen LogP contribution in [0.4, 0.5) is 5.13 Å². The summed E-state index contributed by atoms with van der Waals surface area (Å²) in [6.45, 7) is -0.244. The maximum Gasteiger partial charge on any atom is 0.361 e. The summed E-state index contributed by atoms with van der Waals surface area (Å²) < 4.78 is 38.0. The van der Waals surface area contributed by atoms with Gasteiger partial charge in [0.25, 0.3) is 0 Å². The molecule has 1 aromatic carbocycles. The number of nitrogens with zero attached hydrogens (tertiary/aromatic N) is 2. The van der Waals surface area contributed by atoms with Gasteiger partial charge < -0.3 is 9.84 Å². The molecule has 0 unspecified atom stereocenters. The molecule has 22 heavy (non-hydrogen) atoms. The number of hydrogen-bond acceptors (Lipinski definition) is 6. The number of hydrogen-bond donors (Lipinski definition) is 2. The number of thiazole rings is 1. The van der Waals surface area contributed by atoms with Crippen molar-refractivity contribution in [1.82, 2.24) is 4.98 Å². The van der Waals surface area contributed by atoms with Crippen LogP contribution in [0.2, 0.25) is 0 Å². The van der Waals surface area contributed by atoms with E-state index in [9.17, 15) is 17.8 Å². The van der Waals surface area contributed by atoms with Crippen molar-refractivity contribution in [2.24, 2.45) is 0 Å². The van der Waals surface area contributed by atoms with E-state index in [0.29, 0.717) is 10.1 Å². The molecule has 10 heteroatoms. The zero-order valence-electron chi connectivity index (χ0n) is 11.1. The minimum absolute atomic E-state index is 0.0359. The Morgan fingerprint density at radius 3 is 2.55 bits per heavy atom. The normalized spacial score (nSPS) is 11.1. The molecule has 1 heterocycles. The van der Waals surface area contributed by atoms with Gasteiger partial charge in [0, 0.05) is 5.38 Å². The maximum atomic E-state index is 11.4. The van der Waals surface area contributed by atoms with Gasteiger partial charge >= 0.3 is 16.3 Å². The summed E-state index contributed by atoms with van der Waals surface area (Å²) in [5, 5.41) is 9.84. The van der Waals surface area contributed by atoms with Crippen molar-refractivity contribution in [3.63, 3.8) is 0 Å². The van der Waals surface area contributed by atoms with E-state index in [4.69, 9.17) is 9.84 Å². The van der Waals surface area contributed by atoms with Crippen LogP contribution in [0.3, 0.4) is 0 Å². The molecule has 2 N–H and O–H groups in total. The van der Waals surface area contributed by atoms with E-state index in [0.717, 1.165) is 11.3 Å². The Morgan fingerprint density at radius 1 is 1.32 bits per heavy atom. The lowest BCUT2D eigenvalue weighted by Gasteiger charge is -2.17. The average Bonchev–Trinajstić information content (AvgIpc) is 2.93. The monoisotopic (exact) mass is 344 g/mol. The molecule has 0 radical (unpaired) electrons. The molecule has 0 saturated carbocycles. The van der Waals surface area contributed by atoms with Crippen molar-refractivity contribution >= 4 is 32.7 Å². The minimum Gasteiger partial charge on any atom is -0.492 e. The van der Waals surface area contributed by atoms with Crippen LogP contribution in [0.1, 0.15) is 10.5 Å². The molecule has 118 valence electrons. The molecular weight excluding hydrogens is 332 g/mol. The van der Waals surface area contributed by atoms with Crippen molar-refractivity contribution in [3.05, 3.63) is 41.4 Å². The van der Waals surface area contributed by atoms with Crippen LogP contribution in [0.5, 0.6) is 5.75 Å². The highest BCUT2D eigenvalue weighted by Crippen LogP contribution is 2.22. The van der Waals surface area contributed by atoms with E-state index in [1.54, 1.807) is 30.3 Å². The zero-order valence-corrected chi connectivity index (χ0v) is 12.7. The number of ether oxygens (including phenoxy) is 1. The number of carboxylic acids is 1. The van der Waals surface area contributed by atoms with Crippen molar-refractivity contribution in [1.29, 1.82) is 0 Å². The molecule has 0 aliphatic heterocycles. The first-order valence-corrected chi connectivity index (χ1v) is 8.27. The van der Waals surface area contributed by atoms with Gasteiger partial charge in [-0.2, -0.15) is 8.42 Å². The second-order valence-corrected chi connectivity index (χ2v) is 6.20. The molecule has 0 bridgehead atoms. The molecule has 0 aliphatic carbocycles. The smallest absolute Gasteiger partial charge is 0.361 e. The van der Waals surface area contributed by atoms with Crippen LogP contribution in [0.15, 0.2) is 35.7 Å². The summed E-state index contributed by atoms with van der Waals surface area (Å²) in [5.41, 5.74) is -0.294. The number of carboxylic acid groups (broad SMARTS) is 1. The van der Waals surface area contributed by atoms with Gasteiger partial charge in [-0.05, 0) is 12.1 Å². The topological polar surface area (TPSA) is 117 Å². The highest BCUT2D eigenvalue weighted by atomic mass is 32.2. The molecule has 0 saturated heterocycles. The summed E-state index contributed by atoms with van der Waals surface area (Å²) in [6.07, 6.45) is 0. The lowest BCUT2D eigenvalue weighted by Crippen LogP contribution is -2.34. The SMILES string of the molecule is O=C(O)c1csc(N(CCOc2ccccc2)S(=O)(=O)O)n1. The Hall–Kier alpha value is -2.17. The van der Waals surface area contributed by atoms with Crippen molar-refractivity contribution in [2.75, 3.05) is 17.5 Å². The molecule has 2 aromatic rings. The minimum atomic E-state index is -4.58. The highest BCUT2D eigenvalue weighted by molar-refractivity contribution is 7.87. The first kappa shape index (κ1) is 16.2. The molecule has 0 spiro atoms. The van der Waals surface area contributed by atoms with E-state index in [1.165, 1.54) is 5.38 Å². The van der Waals surface area contributed by atoms with Gasteiger partial charge in [0.1, 0.15) is 12.4 Å². The Kier molecular flexibility index (Phi) is 4.96. The second-order valence-electron chi connectivity index (χ2n) is 4.03. The molecule has 2 rings (SSSR count). The zero-order chi connectivity index (χ0) is 16.2. The van der Waals surface area contributed by atoms with E-state index in [1.807, 2.05) is 0 Å². The summed E-state index contributed by atoms with van der Waals surface area (Å²) in [5.74, 6) is -0.735. The van der Waals surface area contributed by atoms with Crippen LogP contribution in [-0.4, -0.2) is 42.2 Å². The Labute approximate surface area is 130 Å². The van der Waals surface area contributed by atoms with Crippen molar-refractivity contribution in [3.8, 4) is 5.75 Å². The van der Waals surface area contributed by atoms with E-state index in [-0.39, 0.29) is 24.0 Å². The second kappa shape index (κ2) is 6.73. The van der Waals surface area contributed by atoms with Crippen molar-refractivity contribution in [2.45, 2.75) is 0 Å². The van der Waals surface area contributed by atoms with Gasteiger partial charge in [-0.3, -0.25) is 4.55 Å². The summed E-state index contributed by atoms with van der Waals surface area (Å²) in [4.78, 5) is 14.4. The third-order valence-corrected chi connectivity index (χ3v) is 4.40. The number of benzene rings is 1. The van der Waals surface area contributed by atoms with Crippen LogP contribution >= 0.6 is 11.3 Å². The fraction of sp³-hybridized carbons (Fsp3) is 0.167. The third kappa shape index (κ3) is 4.16. The Morgan fingerprint density at radius 2 is 2.00 bits per heavy atom. The molecule has 0 amide bonds. The van der Waals surface area contributed by atoms with Gasteiger partial charge in [-0.25, -0.2) is 14.1 Å². The van der Waals surface area contributed by atoms with Gasteiger partial charge in [0.2, 0.25) is 5.13 Å². The highest BCUT2D eigenvalue weighted by Gasteiger charge is 2.24. The van der Waals surface area contributed by atoms with E-state index in [2.05, 4.69) is 4.98 Å². The van der Waals surface area contributed by atoms with Crippen LogP contribution < -0.4 is 9.04 Å². The van der Waals surface area contributed by atoms with E-state index >= 15 is 0 Å². The standard InChI is InChI=1S/C12H12N2O6S2/c15-11(16)10-8-21-12(13-10)14(22(17,18)19)6-7-20-9-4-2-1-3-5-9/h1-5,8H,6-7H2,(H,15,16)(H,17,18,19). The molecule has 0 aliphatic rings. The predicted octanol–water partition coefficient (Wildman–Crippen LogP) is 1.53. The Bertz CT molecular complexity index is 744. The molecule has 0 fully saturated rings. The van der Waals surface area contributed by atoms with Crippen LogP contribution in [-0.2, 0) is 10.3 Å². The first-order chi connectivity index (χ1) is 10.4. The lowest BCUT2D eigenvalue weighted by molar-refractivity contribution is 0.0691. The van der Waals surface area contributed by atoms with Crippen LogP contribution in [0, 0.1) is 0 Å². The van der Waals surface area contributed by atoms with Crippen molar-refractivity contribution < 1.29 is 27.6 Å². The summed E-state index contributed by atoms with van der Waals surface area (Å²) in [6, 6.07) is 8.72. The lowest BCUT2D eigenvalue weighted by atomic mass is 10.3. The summed E-state index contributed by atoms with van der Waals surface area (Å²) in [7, 11) is -4.58. The number of rotatable bonds is 7. The summed E-state index contributed by atoms with van der Waals surface area (Å²) >= 11 is 0.798. The first-order valence-electron chi connectivity index (χ1n) is 6.00. The number of aromatic carboxylic acids is 1. The number of aromatic nitrogens is 1. The third-order valence-electron chi connectivity index (χ3n) is 2.51. The van der Waals surface area contributed by atoms with Gasteiger partial charge in [0.15, 0.2) is 5.69 Å². The predicted molar refractivity (Wildman–Crippen MR) is 79.9 cm³/mol. The largest absolute Gasteiger partial charge is 0.492 e. The number of carbonyl (C=O) groups is 1. The fourth-order valence-corrected chi connectivity index (χ4v) is 3.24. The van der Waals surface area contributed by atoms with Gasteiger partial charge in [0.05, 0.1) is 6.54 Å². The van der Waals surface area contributed by atoms with E-state index < -0.39 is 16.3 Å². The van der Waals surface area contributed by atoms with Gasteiger partial charge in [-0.15, -0.1) is 11.3 Å². The fourth-order valence-electron chi connectivity index (χ4n) is 1.55. The quantitative estimate of drug-likeness (QED) is 0.731.